The maximum absolute atomic E-state index is 13.5. The van der Waals surface area contributed by atoms with Gasteiger partial charge in [-0.15, -0.1) is 0 Å². The summed E-state index contributed by atoms with van der Waals surface area (Å²) in [6.07, 6.45) is 1.77. The third-order valence-electron chi connectivity index (χ3n) is 5.48. The summed E-state index contributed by atoms with van der Waals surface area (Å²) in [7, 11) is -3.84. The number of hydrogen-bond donors (Lipinski definition) is 1. The van der Waals surface area contributed by atoms with Crippen LogP contribution < -0.4 is 19.1 Å². The minimum absolute atomic E-state index is 0.107. The molecule has 3 rings (SSSR count). The number of anilines is 1. The maximum atomic E-state index is 13.5. The van der Waals surface area contributed by atoms with Gasteiger partial charge in [-0.25, -0.2) is 8.42 Å². The number of rotatable bonds is 10. The van der Waals surface area contributed by atoms with E-state index >= 15 is 0 Å². The van der Waals surface area contributed by atoms with Crippen molar-refractivity contribution >= 4 is 39.1 Å². The molecule has 190 valence electrons. The normalized spacial score (nSPS) is 13.6. The van der Waals surface area contributed by atoms with E-state index in [0.717, 1.165) is 22.5 Å². The number of carbonyl (C=O) groups is 2. The SMILES string of the molecule is CCCNC(=O)[C@@H](C)N(Cc1ccc(Cl)cc1)C(=O)CN(c1ccc2c(c1)OCCO2)S(C)(=O)=O. The molecule has 1 atom stereocenters. The Hall–Kier alpha value is -2.98. The van der Waals surface area contributed by atoms with Gasteiger partial charge in [-0.1, -0.05) is 30.7 Å². The monoisotopic (exact) mass is 523 g/mol. The van der Waals surface area contributed by atoms with E-state index in [9.17, 15) is 18.0 Å². The number of carbonyl (C=O) groups excluding carboxylic acids is 2. The molecule has 9 nitrogen and oxygen atoms in total. The number of hydrogen-bond acceptors (Lipinski definition) is 6. The van der Waals surface area contributed by atoms with E-state index in [-0.39, 0.29) is 18.1 Å². The first-order chi connectivity index (χ1) is 16.6. The largest absolute Gasteiger partial charge is 0.486 e. The summed E-state index contributed by atoms with van der Waals surface area (Å²) < 4.78 is 37.5. The molecule has 1 N–H and O–H groups in total. The molecule has 0 aromatic heterocycles. The molecule has 0 radical (unpaired) electrons. The van der Waals surface area contributed by atoms with E-state index in [1.165, 1.54) is 11.0 Å². The zero-order valence-corrected chi connectivity index (χ0v) is 21.6. The zero-order chi connectivity index (χ0) is 25.6. The fourth-order valence-electron chi connectivity index (χ4n) is 3.57. The quantitative estimate of drug-likeness (QED) is 0.513. The molecule has 0 bridgehead atoms. The van der Waals surface area contributed by atoms with Crippen LogP contribution in [-0.4, -0.2) is 63.7 Å². The summed E-state index contributed by atoms with van der Waals surface area (Å²) >= 11 is 5.98. The van der Waals surface area contributed by atoms with Crippen LogP contribution in [-0.2, 0) is 26.2 Å². The van der Waals surface area contributed by atoms with Gasteiger partial charge in [-0.3, -0.25) is 13.9 Å². The molecule has 2 amide bonds. The van der Waals surface area contributed by atoms with Crippen molar-refractivity contribution in [3.63, 3.8) is 0 Å². The third kappa shape index (κ3) is 7.02. The summed E-state index contributed by atoms with van der Waals surface area (Å²) in [6, 6.07) is 10.8. The molecule has 1 aliphatic heterocycles. The highest BCUT2D eigenvalue weighted by Crippen LogP contribution is 2.34. The molecule has 0 fully saturated rings. The maximum Gasteiger partial charge on any atom is 0.244 e. The second kappa shape index (κ2) is 11.6. The fourth-order valence-corrected chi connectivity index (χ4v) is 4.53. The number of fused-ring (bicyclic) bond motifs is 1. The van der Waals surface area contributed by atoms with Gasteiger partial charge in [-0.2, -0.15) is 0 Å². The first kappa shape index (κ1) is 26.6. The van der Waals surface area contributed by atoms with Gasteiger partial charge in [0.05, 0.1) is 11.9 Å². The van der Waals surface area contributed by atoms with Crippen molar-refractivity contribution in [1.82, 2.24) is 10.2 Å². The Morgan fingerprint density at radius 1 is 1.09 bits per heavy atom. The highest BCUT2D eigenvalue weighted by molar-refractivity contribution is 7.92. The van der Waals surface area contributed by atoms with Gasteiger partial charge >= 0.3 is 0 Å². The van der Waals surface area contributed by atoms with Gasteiger partial charge in [0.1, 0.15) is 25.8 Å². The van der Waals surface area contributed by atoms with Crippen molar-refractivity contribution in [3.8, 4) is 11.5 Å². The summed E-state index contributed by atoms with van der Waals surface area (Å²) in [5, 5.41) is 3.34. The van der Waals surface area contributed by atoms with Crippen LogP contribution in [0.15, 0.2) is 42.5 Å². The lowest BCUT2D eigenvalue weighted by atomic mass is 10.1. The van der Waals surface area contributed by atoms with Crippen LogP contribution in [0.25, 0.3) is 0 Å². The van der Waals surface area contributed by atoms with Gasteiger partial charge in [-0.05, 0) is 43.2 Å². The molecule has 11 heteroatoms. The first-order valence-electron chi connectivity index (χ1n) is 11.3. The molecule has 0 unspecified atom stereocenters. The molecule has 0 saturated heterocycles. The van der Waals surface area contributed by atoms with Gasteiger partial charge in [0.15, 0.2) is 11.5 Å². The third-order valence-corrected chi connectivity index (χ3v) is 6.87. The van der Waals surface area contributed by atoms with Crippen molar-refractivity contribution < 1.29 is 27.5 Å². The smallest absolute Gasteiger partial charge is 0.244 e. The molecule has 1 aliphatic rings. The van der Waals surface area contributed by atoms with Crippen LogP contribution >= 0.6 is 11.6 Å². The topological polar surface area (TPSA) is 105 Å². The van der Waals surface area contributed by atoms with Crippen LogP contribution in [0.3, 0.4) is 0 Å². The summed E-state index contributed by atoms with van der Waals surface area (Å²) in [5.41, 5.74) is 1.02. The van der Waals surface area contributed by atoms with Gasteiger partial charge < -0.3 is 19.7 Å². The van der Waals surface area contributed by atoms with E-state index in [1.807, 2.05) is 6.92 Å². The van der Waals surface area contributed by atoms with Gasteiger partial charge in [0, 0.05) is 24.2 Å². The Balaban J connectivity index is 1.90. The number of sulfonamides is 1. The lowest BCUT2D eigenvalue weighted by Crippen LogP contribution is -2.51. The number of halogens is 1. The van der Waals surface area contributed by atoms with Crippen molar-refractivity contribution in [3.05, 3.63) is 53.1 Å². The fraction of sp³-hybridized carbons (Fsp3) is 0.417. The Labute approximate surface area is 211 Å². The van der Waals surface area contributed by atoms with Crippen molar-refractivity contribution in [2.75, 3.05) is 36.9 Å². The Morgan fingerprint density at radius 2 is 1.74 bits per heavy atom. The number of nitrogens with one attached hydrogen (secondary N) is 1. The predicted octanol–water partition coefficient (Wildman–Crippen LogP) is 2.82. The average Bonchev–Trinajstić information content (AvgIpc) is 2.83. The lowest BCUT2D eigenvalue weighted by Gasteiger charge is -2.31. The van der Waals surface area contributed by atoms with Crippen molar-refractivity contribution in [1.29, 1.82) is 0 Å². The van der Waals surface area contributed by atoms with Crippen LogP contribution in [0.2, 0.25) is 5.02 Å². The second-order valence-electron chi connectivity index (χ2n) is 8.21. The van der Waals surface area contributed by atoms with Gasteiger partial charge in [0.25, 0.3) is 0 Å². The van der Waals surface area contributed by atoms with Crippen molar-refractivity contribution in [2.24, 2.45) is 0 Å². The molecule has 1 heterocycles. The molecule has 0 saturated carbocycles. The van der Waals surface area contributed by atoms with Gasteiger partial charge in [0.2, 0.25) is 21.8 Å². The number of amides is 2. The van der Waals surface area contributed by atoms with Crippen LogP contribution in [0, 0.1) is 0 Å². The molecule has 2 aromatic rings. The summed E-state index contributed by atoms with van der Waals surface area (Å²) in [4.78, 5) is 27.6. The number of benzene rings is 2. The number of ether oxygens (including phenoxy) is 2. The van der Waals surface area contributed by atoms with E-state index < -0.39 is 28.5 Å². The Bertz CT molecular complexity index is 1160. The van der Waals surface area contributed by atoms with E-state index in [1.54, 1.807) is 43.3 Å². The highest BCUT2D eigenvalue weighted by atomic mass is 35.5. The Kier molecular flexibility index (Phi) is 8.85. The molecule has 0 spiro atoms. The molecule has 2 aromatic carbocycles. The van der Waals surface area contributed by atoms with E-state index in [2.05, 4.69) is 5.32 Å². The first-order valence-corrected chi connectivity index (χ1v) is 13.5. The Morgan fingerprint density at radius 3 is 2.37 bits per heavy atom. The zero-order valence-electron chi connectivity index (χ0n) is 20.0. The molecular formula is C24H30ClN3O6S. The summed E-state index contributed by atoms with van der Waals surface area (Å²) in [6.45, 7) is 4.38. The van der Waals surface area contributed by atoms with E-state index in [0.29, 0.717) is 36.3 Å². The van der Waals surface area contributed by atoms with E-state index in [4.69, 9.17) is 21.1 Å². The molecule has 0 aliphatic carbocycles. The highest BCUT2D eigenvalue weighted by Gasteiger charge is 2.30. The molecular weight excluding hydrogens is 494 g/mol. The minimum Gasteiger partial charge on any atom is -0.486 e. The number of nitrogens with zero attached hydrogens (tertiary/aromatic N) is 2. The predicted molar refractivity (Wildman–Crippen MR) is 134 cm³/mol. The molecule has 35 heavy (non-hydrogen) atoms. The summed E-state index contributed by atoms with van der Waals surface area (Å²) in [5.74, 6) is 0.0596. The second-order valence-corrected chi connectivity index (χ2v) is 10.6. The van der Waals surface area contributed by atoms with Crippen LogP contribution in [0.5, 0.6) is 11.5 Å². The van der Waals surface area contributed by atoms with Crippen molar-refractivity contribution in [2.45, 2.75) is 32.9 Å². The standard InChI is InChI=1S/C24H30ClN3O6S/c1-4-11-26-24(30)17(2)27(15-18-5-7-19(25)8-6-18)23(29)16-28(35(3,31)32)20-9-10-21-22(14-20)34-13-12-33-21/h5-10,14,17H,4,11-13,15-16H2,1-3H3,(H,26,30)/t17-/m1/s1. The van der Waals surface area contributed by atoms with Crippen LogP contribution in [0.1, 0.15) is 25.8 Å². The lowest BCUT2D eigenvalue weighted by molar-refractivity contribution is -0.139. The van der Waals surface area contributed by atoms with Crippen LogP contribution in [0.4, 0.5) is 5.69 Å². The minimum atomic E-state index is -3.84. The average molecular weight is 524 g/mol.